The van der Waals surface area contributed by atoms with Gasteiger partial charge in [0.1, 0.15) is 6.04 Å². The van der Waals surface area contributed by atoms with Crippen molar-refractivity contribution >= 4 is 16.0 Å². The molecule has 2 rings (SSSR count). The first kappa shape index (κ1) is 15.9. The lowest BCUT2D eigenvalue weighted by molar-refractivity contribution is -0.143. The van der Waals surface area contributed by atoms with Crippen molar-refractivity contribution in [1.82, 2.24) is 9.21 Å². The minimum Gasteiger partial charge on any atom is -0.480 e. The van der Waals surface area contributed by atoms with E-state index in [9.17, 15) is 13.2 Å². The quantitative estimate of drug-likeness (QED) is 0.889. The number of piperazine rings is 1. The Morgan fingerprint density at radius 2 is 1.76 bits per heavy atom. The molecular formula is C14H20N2O4S. The average molecular weight is 312 g/mol. The summed E-state index contributed by atoms with van der Waals surface area (Å²) in [6, 6.07) is 6.31. The lowest BCUT2D eigenvalue weighted by atomic mass is 10.2. The number of carboxylic acid groups (broad SMARTS) is 1. The van der Waals surface area contributed by atoms with Crippen molar-refractivity contribution in [2.75, 3.05) is 26.2 Å². The van der Waals surface area contributed by atoms with E-state index in [4.69, 9.17) is 5.11 Å². The van der Waals surface area contributed by atoms with E-state index in [0.717, 1.165) is 5.56 Å². The molecule has 1 aromatic carbocycles. The summed E-state index contributed by atoms with van der Waals surface area (Å²) >= 11 is 0. The number of nitrogens with zero attached hydrogens (tertiary/aromatic N) is 2. The Labute approximate surface area is 125 Å². The van der Waals surface area contributed by atoms with Gasteiger partial charge in [-0.05, 0) is 25.5 Å². The highest BCUT2D eigenvalue weighted by atomic mass is 32.2. The van der Waals surface area contributed by atoms with E-state index in [1.54, 1.807) is 43.0 Å². The molecule has 21 heavy (non-hydrogen) atoms. The van der Waals surface area contributed by atoms with Gasteiger partial charge < -0.3 is 5.11 Å². The third-order valence-electron chi connectivity index (χ3n) is 3.89. The molecule has 1 fully saturated rings. The highest BCUT2D eigenvalue weighted by molar-refractivity contribution is 7.89. The van der Waals surface area contributed by atoms with Crippen LogP contribution >= 0.6 is 0 Å². The summed E-state index contributed by atoms with van der Waals surface area (Å²) in [4.78, 5) is 13.1. The summed E-state index contributed by atoms with van der Waals surface area (Å²) in [7, 11) is -3.50. The highest BCUT2D eigenvalue weighted by Gasteiger charge is 2.32. The summed E-state index contributed by atoms with van der Waals surface area (Å²) in [5, 5.41) is 9.00. The third-order valence-corrected chi connectivity index (χ3v) is 5.95. The second-order valence-corrected chi connectivity index (χ2v) is 7.13. The van der Waals surface area contributed by atoms with Crippen LogP contribution in [0.3, 0.4) is 0 Å². The van der Waals surface area contributed by atoms with Crippen LogP contribution in [0.2, 0.25) is 0 Å². The van der Waals surface area contributed by atoms with Gasteiger partial charge in [-0.25, -0.2) is 8.42 Å². The van der Waals surface area contributed by atoms with Gasteiger partial charge in [-0.2, -0.15) is 4.31 Å². The van der Waals surface area contributed by atoms with Crippen molar-refractivity contribution in [2.45, 2.75) is 24.8 Å². The molecule has 1 N–H and O–H groups in total. The molecule has 1 heterocycles. The Morgan fingerprint density at radius 1 is 1.19 bits per heavy atom. The zero-order valence-corrected chi connectivity index (χ0v) is 13.0. The van der Waals surface area contributed by atoms with Gasteiger partial charge in [0.15, 0.2) is 0 Å². The summed E-state index contributed by atoms with van der Waals surface area (Å²) in [5.41, 5.74) is 0.721. The topological polar surface area (TPSA) is 77.9 Å². The molecule has 0 amide bonds. The fourth-order valence-electron chi connectivity index (χ4n) is 2.47. The van der Waals surface area contributed by atoms with E-state index in [1.807, 2.05) is 0 Å². The van der Waals surface area contributed by atoms with Gasteiger partial charge in [0.05, 0.1) is 4.90 Å². The van der Waals surface area contributed by atoms with Crippen LogP contribution in [0, 0.1) is 6.92 Å². The molecule has 0 aromatic heterocycles. The first-order valence-electron chi connectivity index (χ1n) is 6.86. The van der Waals surface area contributed by atoms with Gasteiger partial charge >= 0.3 is 5.97 Å². The minimum absolute atomic E-state index is 0.314. The summed E-state index contributed by atoms with van der Waals surface area (Å²) < 4.78 is 26.7. The molecule has 1 saturated heterocycles. The maximum Gasteiger partial charge on any atom is 0.320 e. The van der Waals surface area contributed by atoms with Gasteiger partial charge in [-0.15, -0.1) is 0 Å². The van der Waals surface area contributed by atoms with Crippen LogP contribution in [0.4, 0.5) is 0 Å². The smallest absolute Gasteiger partial charge is 0.320 e. The molecule has 6 nitrogen and oxygen atoms in total. The van der Waals surface area contributed by atoms with Crippen molar-refractivity contribution in [1.29, 1.82) is 0 Å². The van der Waals surface area contributed by atoms with Crippen molar-refractivity contribution in [3.8, 4) is 0 Å². The number of aryl methyl sites for hydroxylation is 1. The third kappa shape index (κ3) is 3.25. The normalized spacial score (nSPS) is 19.3. The fourth-order valence-corrected chi connectivity index (χ4v) is 4.12. The van der Waals surface area contributed by atoms with Crippen molar-refractivity contribution < 1.29 is 18.3 Å². The molecule has 0 saturated carbocycles. The predicted molar refractivity (Wildman–Crippen MR) is 78.6 cm³/mol. The zero-order valence-electron chi connectivity index (χ0n) is 12.2. The van der Waals surface area contributed by atoms with Crippen LogP contribution in [-0.2, 0) is 14.8 Å². The van der Waals surface area contributed by atoms with E-state index >= 15 is 0 Å². The molecule has 1 aromatic rings. The van der Waals surface area contributed by atoms with Crippen LogP contribution in [0.25, 0.3) is 0 Å². The van der Waals surface area contributed by atoms with Gasteiger partial charge in [0, 0.05) is 26.2 Å². The first-order chi connectivity index (χ1) is 9.84. The number of sulfonamides is 1. The Morgan fingerprint density at radius 3 is 2.29 bits per heavy atom. The summed E-state index contributed by atoms with van der Waals surface area (Å²) in [6.07, 6.45) is 0. The van der Waals surface area contributed by atoms with Crippen LogP contribution in [0.1, 0.15) is 12.5 Å². The SMILES string of the molecule is Cc1ccccc1S(=O)(=O)N1CCN(C(C)C(=O)O)CC1. The number of aliphatic carboxylic acids is 1. The Kier molecular flexibility index (Phi) is 4.65. The van der Waals surface area contributed by atoms with Crippen molar-refractivity contribution in [3.05, 3.63) is 29.8 Å². The predicted octanol–water partition coefficient (Wildman–Crippen LogP) is 0.774. The molecule has 1 unspecified atom stereocenters. The van der Waals surface area contributed by atoms with Gasteiger partial charge in [-0.3, -0.25) is 9.69 Å². The van der Waals surface area contributed by atoms with E-state index in [-0.39, 0.29) is 0 Å². The van der Waals surface area contributed by atoms with E-state index in [0.29, 0.717) is 31.1 Å². The van der Waals surface area contributed by atoms with Gasteiger partial charge in [0.2, 0.25) is 10.0 Å². The molecular weight excluding hydrogens is 292 g/mol. The average Bonchev–Trinajstić information content (AvgIpc) is 2.46. The number of hydrogen-bond donors (Lipinski definition) is 1. The molecule has 1 aliphatic heterocycles. The molecule has 7 heteroatoms. The molecule has 0 spiro atoms. The van der Waals surface area contributed by atoms with Crippen LogP contribution in [-0.4, -0.2) is 60.9 Å². The minimum atomic E-state index is -3.50. The monoisotopic (exact) mass is 312 g/mol. The van der Waals surface area contributed by atoms with Gasteiger partial charge in [-0.1, -0.05) is 18.2 Å². The maximum atomic E-state index is 12.6. The maximum absolute atomic E-state index is 12.6. The van der Waals surface area contributed by atoms with Crippen LogP contribution in [0.15, 0.2) is 29.2 Å². The second kappa shape index (κ2) is 6.13. The van der Waals surface area contributed by atoms with E-state index in [2.05, 4.69) is 0 Å². The zero-order chi connectivity index (χ0) is 15.6. The second-order valence-electron chi connectivity index (χ2n) is 5.22. The van der Waals surface area contributed by atoms with Crippen molar-refractivity contribution in [2.24, 2.45) is 0 Å². The lowest BCUT2D eigenvalue weighted by Crippen LogP contribution is -2.53. The van der Waals surface area contributed by atoms with E-state index in [1.165, 1.54) is 4.31 Å². The molecule has 1 atom stereocenters. The first-order valence-corrected chi connectivity index (χ1v) is 8.30. The molecule has 0 bridgehead atoms. The fraction of sp³-hybridized carbons (Fsp3) is 0.500. The van der Waals surface area contributed by atoms with Crippen LogP contribution < -0.4 is 0 Å². The molecule has 116 valence electrons. The number of rotatable bonds is 4. The van der Waals surface area contributed by atoms with Crippen molar-refractivity contribution in [3.63, 3.8) is 0 Å². The highest BCUT2D eigenvalue weighted by Crippen LogP contribution is 2.21. The number of carboxylic acids is 1. The number of carbonyl (C=O) groups is 1. The summed E-state index contributed by atoms with van der Waals surface area (Å²) in [5.74, 6) is -0.884. The Bertz CT molecular complexity index is 622. The Balaban J connectivity index is 2.12. The molecule has 0 radical (unpaired) electrons. The standard InChI is InChI=1S/C14H20N2O4S/c1-11-5-3-4-6-13(11)21(19,20)16-9-7-15(8-10-16)12(2)14(17)18/h3-6,12H,7-10H2,1-2H3,(H,17,18). The lowest BCUT2D eigenvalue weighted by Gasteiger charge is -2.36. The summed E-state index contributed by atoms with van der Waals surface area (Å²) in [6.45, 7) is 4.88. The Hall–Kier alpha value is -1.44. The molecule has 0 aliphatic carbocycles. The van der Waals surface area contributed by atoms with E-state index < -0.39 is 22.0 Å². The largest absolute Gasteiger partial charge is 0.480 e. The number of benzene rings is 1. The number of hydrogen-bond acceptors (Lipinski definition) is 4. The van der Waals surface area contributed by atoms with Gasteiger partial charge in [0.25, 0.3) is 0 Å². The van der Waals surface area contributed by atoms with Crippen LogP contribution in [0.5, 0.6) is 0 Å². The molecule has 1 aliphatic rings.